The van der Waals surface area contributed by atoms with E-state index in [0.29, 0.717) is 17.1 Å². The highest BCUT2D eigenvalue weighted by Gasteiger charge is 2.05. The number of hydrogen-bond donors (Lipinski definition) is 1. The van der Waals surface area contributed by atoms with Crippen LogP contribution in [0.1, 0.15) is 18.1 Å². The fourth-order valence-electron chi connectivity index (χ4n) is 1.93. The quantitative estimate of drug-likeness (QED) is 0.905. The van der Waals surface area contributed by atoms with Crippen LogP contribution in [-0.4, -0.2) is 10.6 Å². The Kier molecular flexibility index (Phi) is 4.04. The molecule has 2 aromatic rings. The van der Waals surface area contributed by atoms with Crippen molar-refractivity contribution >= 4 is 11.6 Å². The van der Waals surface area contributed by atoms with Gasteiger partial charge in [-0.15, -0.1) is 0 Å². The summed E-state index contributed by atoms with van der Waals surface area (Å²) < 4.78 is 15.6. The summed E-state index contributed by atoms with van der Waals surface area (Å²) in [6.07, 6.45) is 4.76. The van der Waals surface area contributed by atoms with E-state index in [1.165, 1.54) is 11.6 Å². The van der Waals surface area contributed by atoms with E-state index in [1.54, 1.807) is 12.1 Å². The summed E-state index contributed by atoms with van der Waals surface area (Å²) in [5, 5.41) is 0.418. The third-order valence-electron chi connectivity index (χ3n) is 2.74. The molecule has 2 nitrogen and oxygen atoms in total. The van der Waals surface area contributed by atoms with Gasteiger partial charge in [-0.3, -0.25) is 0 Å². The molecule has 0 saturated carbocycles. The lowest BCUT2D eigenvalue weighted by Gasteiger charge is -2.05. The lowest BCUT2D eigenvalue weighted by Crippen LogP contribution is -2.17. The molecular weight excluding hydrogens is 251 g/mol. The van der Waals surface area contributed by atoms with E-state index in [0.717, 1.165) is 6.42 Å². The van der Waals surface area contributed by atoms with Crippen LogP contribution in [0.3, 0.4) is 0 Å². The minimum absolute atomic E-state index is 0.133. The van der Waals surface area contributed by atoms with E-state index in [1.807, 2.05) is 30.0 Å². The van der Waals surface area contributed by atoms with E-state index in [2.05, 4.69) is 0 Å². The maximum atomic E-state index is 13.6. The van der Waals surface area contributed by atoms with Gasteiger partial charge in [-0.05, 0) is 37.1 Å². The van der Waals surface area contributed by atoms with Crippen molar-refractivity contribution < 1.29 is 4.39 Å². The van der Waals surface area contributed by atoms with Crippen LogP contribution in [0.2, 0.25) is 5.02 Å². The summed E-state index contributed by atoms with van der Waals surface area (Å²) in [6, 6.07) is 6.89. The van der Waals surface area contributed by atoms with E-state index in [4.69, 9.17) is 17.3 Å². The number of nitrogens with two attached hydrogens (primary N) is 1. The minimum atomic E-state index is -0.273. The average molecular weight is 267 g/mol. The lowest BCUT2D eigenvalue weighted by molar-refractivity contribution is 0.599. The fourth-order valence-corrected chi connectivity index (χ4v) is 2.09. The van der Waals surface area contributed by atoms with Crippen LogP contribution in [0.4, 0.5) is 4.39 Å². The molecule has 1 atom stereocenters. The summed E-state index contributed by atoms with van der Waals surface area (Å²) in [7, 11) is 0. The fraction of sp³-hybridized carbons (Fsp3) is 0.286. The molecule has 0 aliphatic carbocycles. The van der Waals surface area contributed by atoms with Crippen molar-refractivity contribution in [3.63, 3.8) is 0 Å². The molecule has 96 valence electrons. The first-order valence-electron chi connectivity index (χ1n) is 5.89. The second kappa shape index (κ2) is 5.55. The van der Waals surface area contributed by atoms with E-state index >= 15 is 0 Å². The summed E-state index contributed by atoms with van der Waals surface area (Å²) in [5.41, 5.74) is 7.54. The van der Waals surface area contributed by atoms with Gasteiger partial charge < -0.3 is 10.3 Å². The van der Waals surface area contributed by atoms with Crippen molar-refractivity contribution in [3.8, 4) is 0 Å². The third kappa shape index (κ3) is 3.34. The first-order chi connectivity index (χ1) is 8.54. The first-order valence-corrected chi connectivity index (χ1v) is 6.26. The van der Waals surface area contributed by atoms with E-state index < -0.39 is 0 Å². The Balaban J connectivity index is 2.11. The van der Waals surface area contributed by atoms with Gasteiger partial charge in [-0.25, -0.2) is 4.39 Å². The molecule has 18 heavy (non-hydrogen) atoms. The van der Waals surface area contributed by atoms with E-state index in [9.17, 15) is 4.39 Å². The van der Waals surface area contributed by atoms with Gasteiger partial charge in [0.1, 0.15) is 5.82 Å². The molecule has 2 rings (SSSR count). The van der Waals surface area contributed by atoms with Gasteiger partial charge in [0.2, 0.25) is 0 Å². The second-order valence-corrected chi connectivity index (χ2v) is 5.05. The molecule has 0 aliphatic heterocycles. The molecule has 0 saturated heterocycles. The molecule has 0 fully saturated rings. The molecule has 1 unspecified atom stereocenters. The Labute approximate surface area is 111 Å². The second-order valence-electron chi connectivity index (χ2n) is 4.61. The largest absolute Gasteiger partial charge is 0.350 e. The molecule has 0 spiro atoms. The van der Waals surface area contributed by atoms with Crippen molar-refractivity contribution in [2.45, 2.75) is 25.9 Å². The monoisotopic (exact) mass is 266 g/mol. The summed E-state index contributed by atoms with van der Waals surface area (Å²) in [5.74, 6) is -0.273. The Morgan fingerprint density at radius 1 is 1.39 bits per heavy atom. The van der Waals surface area contributed by atoms with Gasteiger partial charge in [0, 0.05) is 35.6 Å². The maximum absolute atomic E-state index is 13.6. The lowest BCUT2D eigenvalue weighted by atomic mass is 10.1. The van der Waals surface area contributed by atoms with Crippen LogP contribution in [0.15, 0.2) is 36.7 Å². The molecule has 1 aromatic heterocycles. The number of nitrogens with zero attached hydrogens (tertiary/aromatic N) is 1. The average Bonchev–Trinajstić information content (AvgIpc) is 2.69. The number of hydrogen-bond acceptors (Lipinski definition) is 1. The van der Waals surface area contributed by atoms with Crippen molar-refractivity contribution in [2.24, 2.45) is 5.73 Å². The van der Waals surface area contributed by atoms with Crippen molar-refractivity contribution in [3.05, 3.63) is 58.6 Å². The van der Waals surface area contributed by atoms with Crippen LogP contribution < -0.4 is 5.73 Å². The van der Waals surface area contributed by atoms with Gasteiger partial charge in [-0.1, -0.05) is 17.7 Å². The molecule has 0 amide bonds. The van der Waals surface area contributed by atoms with Crippen LogP contribution in [0.25, 0.3) is 0 Å². The van der Waals surface area contributed by atoms with Crippen molar-refractivity contribution in [1.82, 2.24) is 4.57 Å². The molecule has 0 aliphatic rings. The smallest absolute Gasteiger partial charge is 0.129 e. The topological polar surface area (TPSA) is 30.9 Å². The zero-order chi connectivity index (χ0) is 13.1. The van der Waals surface area contributed by atoms with Crippen molar-refractivity contribution in [2.75, 3.05) is 0 Å². The Morgan fingerprint density at radius 3 is 2.83 bits per heavy atom. The summed E-state index contributed by atoms with van der Waals surface area (Å²) in [4.78, 5) is 0. The zero-order valence-electron chi connectivity index (χ0n) is 10.2. The van der Waals surface area contributed by atoms with Gasteiger partial charge in [0.25, 0.3) is 0 Å². The SMILES string of the molecule is CC(N)Cc1ccn(Cc2ccc(Cl)cc2F)c1. The molecule has 1 heterocycles. The predicted molar refractivity (Wildman–Crippen MR) is 72.3 cm³/mol. The van der Waals surface area contributed by atoms with Gasteiger partial charge in [-0.2, -0.15) is 0 Å². The van der Waals surface area contributed by atoms with Gasteiger partial charge in [0.05, 0.1) is 0 Å². The molecule has 0 bridgehead atoms. The number of halogens is 2. The third-order valence-corrected chi connectivity index (χ3v) is 2.97. The molecule has 0 radical (unpaired) electrons. The van der Waals surface area contributed by atoms with Crippen LogP contribution in [-0.2, 0) is 13.0 Å². The number of benzene rings is 1. The summed E-state index contributed by atoms with van der Waals surface area (Å²) >= 11 is 5.72. The molecule has 2 N–H and O–H groups in total. The molecule has 4 heteroatoms. The predicted octanol–water partition coefficient (Wildman–Crippen LogP) is 3.22. The van der Waals surface area contributed by atoms with Gasteiger partial charge in [0.15, 0.2) is 0 Å². The minimum Gasteiger partial charge on any atom is -0.350 e. The first kappa shape index (κ1) is 13.1. The van der Waals surface area contributed by atoms with Crippen LogP contribution >= 0.6 is 11.6 Å². The normalized spacial score (nSPS) is 12.7. The number of rotatable bonds is 4. The molecular formula is C14H16ClFN2. The highest BCUT2D eigenvalue weighted by Crippen LogP contribution is 2.16. The van der Waals surface area contributed by atoms with Crippen LogP contribution in [0, 0.1) is 5.82 Å². The number of aromatic nitrogens is 1. The Hall–Kier alpha value is -1.32. The highest BCUT2D eigenvalue weighted by molar-refractivity contribution is 6.30. The maximum Gasteiger partial charge on any atom is 0.129 e. The van der Waals surface area contributed by atoms with Gasteiger partial charge >= 0.3 is 0 Å². The Bertz CT molecular complexity index is 534. The standard InChI is InChI=1S/C14H16ClFN2/c1-10(17)6-11-4-5-18(8-11)9-12-2-3-13(15)7-14(12)16/h2-5,7-8,10H,6,9,17H2,1H3. The Morgan fingerprint density at radius 2 is 2.17 bits per heavy atom. The van der Waals surface area contributed by atoms with Crippen LogP contribution in [0.5, 0.6) is 0 Å². The zero-order valence-corrected chi connectivity index (χ0v) is 11.0. The van der Waals surface area contributed by atoms with E-state index in [-0.39, 0.29) is 11.9 Å². The molecule has 1 aromatic carbocycles. The summed E-state index contributed by atoms with van der Waals surface area (Å²) in [6.45, 7) is 2.47. The highest BCUT2D eigenvalue weighted by atomic mass is 35.5. The van der Waals surface area contributed by atoms with Crippen molar-refractivity contribution in [1.29, 1.82) is 0 Å².